The van der Waals surface area contributed by atoms with E-state index in [2.05, 4.69) is 12.6 Å². The fourth-order valence-electron chi connectivity index (χ4n) is 2.99. The predicted molar refractivity (Wildman–Crippen MR) is 75.2 cm³/mol. The Labute approximate surface area is 111 Å². The van der Waals surface area contributed by atoms with E-state index in [0.717, 1.165) is 30.7 Å². The molecular weight excluding hydrogens is 246 g/mol. The molecule has 1 fully saturated rings. The summed E-state index contributed by atoms with van der Waals surface area (Å²) < 4.78 is 7.06. The molecule has 96 valence electrons. The van der Waals surface area contributed by atoms with Gasteiger partial charge in [-0.15, -0.1) is 0 Å². The van der Waals surface area contributed by atoms with Gasteiger partial charge in [-0.25, -0.2) is 4.79 Å². The number of oxazole rings is 1. The van der Waals surface area contributed by atoms with Crippen LogP contribution in [0.4, 0.5) is 0 Å². The summed E-state index contributed by atoms with van der Waals surface area (Å²) in [5.74, 6) is 0.586. The zero-order chi connectivity index (χ0) is 12.6. The third-order valence-electron chi connectivity index (χ3n) is 4.07. The molecule has 18 heavy (non-hydrogen) atoms. The molecule has 1 aliphatic carbocycles. The maximum Gasteiger partial charge on any atom is 0.419 e. The molecule has 1 aromatic heterocycles. The molecule has 4 heteroatoms. The molecule has 0 atom stereocenters. The van der Waals surface area contributed by atoms with Crippen molar-refractivity contribution < 1.29 is 4.42 Å². The van der Waals surface area contributed by atoms with Gasteiger partial charge >= 0.3 is 5.76 Å². The number of aromatic nitrogens is 1. The lowest BCUT2D eigenvalue weighted by Gasteiger charge is -2.26. The largest absolute Gasteiger partial charge is 0.419 e. The smallest absolute Gasteiger partial charge is 0.408 e. The number of rotatable bonds is 3. The van der Waals surface area contributed by atoms with Crippen molar-refractivity contribution in [2.24, 2.45) is 5.41 Å². The van der Waals surface area contributed by atoms with Gasteiger partial charge in [0.05, 0.1) is 5.52 Å². The molecule has 2 aromatic rings. The highest BCUT2D eigenvalue weighted by molar-refractivity contribution is 7.80. The van der Waals surface area contributed by atoms with Crippen molar-refractivity contribution >= 4 is 23.7 Å². The van der Waals surface area contributed by atoms with Gasteiger partial charge in [-0.3, -0.25) is 4.57 Å². The number of fused-ring (bicyclic) bond motifs is 1. The summed E-state index contributed by atoms with van der Waals surface area (Å²) in [6.45, 7) is 0.729. The highest BCUT2D eigenvalue weighted by Crippen LogP contribution is 2.40. The predicted octanol–water partition coefficient (Wildman–Crippen LogP) is 3.08. The van der Waals surface area contributed by atoms with Crippen molar-refractivity contribution in [1.82, 2.24) is 4.57 Å². The monoisotopic (exact) mass is 263 g/mol. The molecule has 0 aliphatic heterocycles. The van der Waals surface area contributed by atoms with Gasteiger partial charge in [0.25, 0.3) is 0 Å². The summed E-state index contributed by atoms with van der Waals surface area (Å²) in [7, 11) is 0. The van der Waals surface area contributed by atoms with Crippen LogP contribution in [0.15, 0.2) is 33.5 Å². The molecule has 3 rings (SSSR count). The van der Waals surface area contributed by atoms with Crippen LogP contribution in [0.3, 0.4) is 0 Å². The molecule has 0 bridgehead atoms. The van der Waals surface area contributed by atoms with Crippen LogP contribution in [0, 0.1) is 5.41 Å². The fraction of sp³-hybridized carbons (Fsp3) is 0.500. The van der Waals surface area contributed by atoms with E-state index < -0.39 is 0 Å². The van der Waals surface area contributed by atoms with Gasteiger partial charge < -0.3 is 4.42 Å². The van der Waals surface area contributed by atoms with Crippen molar-refractivity contribution in [3.8, 4) is 0 Å². The Balaban J connectivity index is 2.04. The van der Waals surface area contributed by atoms with Crippen LogP contribution in [0.2, 0.25) is 0 Å². The molecule has 0 amide bonds. The second-order valence-corrected chi connectivity index (χ2v) is 5.60. The lowest BCUT2D eigenvalue weighted by atomic mass is 9.88. The molecule has 0 radical (unpaired) electrons. The first kappa shape index (κ1) is 11.9. The molecule has 1 aliphatic rings. The van der Waals surface area contributed by atoms with E-state index in [1.165, 1.54) is 12.8 Å². The second kappa shape index (κ2) is 4.50. The van der Waals surface area contributed by atoms with Gasteiger partial charge in [-0.1, -0.05) is 25.0 Å². The first-order chi connectivity index (χ1) is 8.74. The van der Waals surface area contributed by atoms with Gasteiger partial charge in [0.15, 0.2) is 5.58 Å². The van der Waals surface area contributed by atoms with Gasteiger partial charge in [-0.2, -0.15) is 12.6 Å². The summed E-state index contributed by atoms with van der Waals surface area (Å²) in [6.07, 6.45) is 4.79. The number of benzene rings is 1. The van der Waals surface area contributed by atoms with Crippen molar-refractivity contribution in [1.29, 1.82) is 0 Å². The van der Waals surface area contributed by atoms with E-state index in [-0.39, 0.29) is 11.2 Å². The highest BCUT2D eigenvalue weighted by Gasteiger charge is 2.34. The van der Waals surface area contributed by atoms with Crippen LogP contribution >= 0.6 is 12.6 Å². The normalized spacial score (nSPS) is 18.5. The lowest BCUT2D eigenvalue weighted by Crippen LogP contribution is -2.29. The van der Waals surface area contributed by atoms with Crippen LogP contribution in [0.1, 0.15) is 25.7 Å². The van der Waals surface area contributed by atoms with Crippen LogP contribution < -0.4 is 5.76 Å². The van der Waals surface area contributed by atoms with Crippen molar-refractivity contribution in [3.63, 3.8) is 0 Å². The number of para-hydroxylation sites is 2. The van der Waals surface area contributed by atoms with Gasteiger partial charge in [0, 0.05) is 6.54 Å². The molecule has 0 spiro atoms. The Morgan fingerprint density at radius 2 is 2.00 bits per heavy atom. The molecule has 1 heterocycles. The van der Waals surface area contributed by atoms with E-state index in [9.17, 15) is 4.79 Å². The third-order valence-corrected chi connectivity index (χ3v) is 4.74. The van der Waals surface area contributed by atoms with Crippen molar-refractivity contribution in [2.45, 2.75) is 32.2 Å². The lowest BCUT2D eigenvalue weighted by molar-refractivity contribution is 0.282. The molecular formula is C14H17NO2S. The van der Waals surface area contributed by atoms with Crippen LogP contribution in [-0.4, -0.2) is 10.3 Å². The van der Waals surface area contributed by atoms with Gasteiger partial charge in [0.1, 0.15) is 0 Å². The van der Waals surface area contributed by atoms with E-state index >= 15 is 0 Å². The number of hydrogen-bond acceptors (Lipinski definition) is 3. The molecule has 0 saturated heterocycles. The molecule has 0 N–H and O–H groups in total. The molecule has 3 nitrogen and oxygen atoms in total. The Morgan fingerprint density at radius 1 is 1.28 bits per heavy atom. The average molecular weight is 263 g/mol. The fourth-order valence-corrected chi connectivity index (χ4v) is 3.41. The maximum atomic E-state index is 12.0. The van der Waals surface area contributed by atoms with Crippen molar-refractivity contribution in [3.05, 3.63) is 34.8 Å². The van der Waals surface area contributed by atoms with Gasteiger partial charge in [-0.05, 0) is 36.1 Å². The van der Waals surface area contributed by atoms with E-state index in [4.69, 9.17) is 4.42 Å². The van der Waals surface area contributed by atoms with Crippen LogP contribution in [-0.2, 0) is 6.54 Å². The van der Waals surface area contributed by atoms with Crippen LogP contribution in [0.5, 0.6) is 0 Å². The summed E-state index contributed by atoms with van der Waals surface area (Å²) >= 11 is 4.50. The number of thiol groups is 1. The Morgan fingerprint density at radius 3 is 2.72 bits per heavy atom. The molecule has 1 saturated carbocycles. The van der Waals surface area contributed by atoms with Crippen molar-refractivity contribution in [2.75, 3.05) is 5.75 Å². The minimum atomic E-state index is -0.246. The Bertz CT molecular complexity index is 608. The number of nitrogens with zero attached hydrogens (tertiary/aromatic N) is 1. The standard InChI is InChI=1S/C14H17NO2S/c16-13-15(9-14(10-18)7-3-4-8-14)11-5-1-2-6-12(11)17-13/h1-2,5-6,18H,3-4,7-10H2. The Kier molecular flexibility index (Phi) is 2.98. The first-order valence-electron chi connectivity index (χ1n) is 6.43. The third kappa shape index (κ3) is 1.88. The quantitative estimate of drug-likeness (QED) is 0.864. The summed E-state index contributed by atoms with van der Waals surface area (Å²) in [4.78, 5) is 12.0. The first-order valence-corrected chi connectivity index (χ1v) is 7.07. The molecule has 1 aromatic carbocycles. The summed E-state index contributed by atoms with van der Waals surface area (Å²) in [5, 5.41) is 0. The van der Waals surface area contributed by atoms with E-state index in [0.29, 0.717) is 5.58 Å². The SMILES string of the molecule is O=c1oc2ccccc2n1CC1(CS)CCCC1. The van der Waals surface area contributed by atoms with E-state index in [1.54, 1.807) is 4.57 Å². The summed E-state index contributed by atoms with van der Waals surface area (Å²) in [5.41, 5.74) is 1.74. The minimum absolute atomic E-state index is 0.166. The zero-order valence-corrected chi connectivity index (χ0v) is 11.2. The molecule has 0 unspecified atom stereocenters. The van der Waals surface area contributed by atoms with E-state index in [1.807, 2.05) is 24.3 Å². The zero-order valence-electron chi connectivity index (χ0n) is 10.3. The highest BCUT2D eigenvalue weighted by atomic mass is 32.1. The topological polar surface area (TPSA) is 35.1 Å². The maximum absolute atomic E-state index is 12.0. The van der Waals surface area contributed by atoms with Gasteiger partial charge in [0.2, 0.25) is 0 Å². The minimum Gasteiger partial charge on any atom is -0.408 e. The number of hydrogen-bond donors (Lipinski definition) is 1. The Hall–Kier alpha value is -1.16. The second-order valence-electron chi connectivity index (χ2n) is 5.29. The van der Waals surface area contributed by atoms with Crippen LogP contribution in [0.25, 0.3) is 11.1 Å². The summed E-state index contributed by atoms with van der Waals surface area (Å²) in [6, 6.07) is 7.62. The average Bonchev–Trinajstić information content (AvgIpc) is 2.97.